The predicted octanol–water partition coefficient (Wildman–Crippen LogP) is 0.965. The quantitative estimate of drug-likeness (QED) is 0.605. The first-order valence-electron chi connectivity index (χ1n) is 9.54. The molecule has 2 aromatic heterocycles. The maximum absolute atomic E-state index is 12.9. The molecule has 9 nitrogen and oxygen atoms in total. The highest BCUT2D eigenvalue weighted by Gasteiger charge is 2.29. The van der Waals surface area contributed by atoms with Gasteiger partial charge in [0.15, 0.2) is 0 Å². The number of nitrogens with two attached hydrogens (primary N) is 1. The van der Waals surface area contributed by atoms with Crippen LogP contribution < -0.4 is 5.14 Å². The molecular formula is C20H21N5O4S2. The van der Waals surface area contributed by atoms with Crippen molar-refractivity contribution in [2.45, 2.75) is 16.3 Å². The molecule has 1 aliphatic heterocycles. The molecule has 0 unspecified atom stereocenters. The van der Waals surface area contributed by atoms with Gasteiger partial charge in [-0.25, -0.2) is 22.0 Å². The molecule has 162 valence electrons. The normalized spacial score (nSPS) is 16.4. The summed E-state index contributed by atoms with van der Waals surface area (Å²) >= 11 is 0. The number of nitrogens with zero attached hydrogens (tertiary/aromatic N) is 4. The second-order valence-corrected chi connectivity index (χ2v) is 10.8. The number of rotatable bonds is 5. The monoisotopic (exact) mass is 459 g/mol. The average Bonchev–Trinajstić information content (AvgIpc) is 3.10. The van der Waals surface area contributed by atoms with Gasteiger partial charge in [-0.15, -0.1) is 0 Å². The van der Waals surface area contributed by atoms with Gasteiger partial charge < -0.3 is 4.40 Å². The smallest absolute Gasteiger partial charge is 0.243 e. The fraction of sp³-hybridized carbons (Fsp3) is 0.250. The zero-order valence-corrected chi connectivity index (χ0v) is 18.2. The van der Waals surface area contributed by atoms with E-state index in [4.69, 9.17) is 5.14 Å². The third-order valence-electron chi connectivity index (χ3n) is 5.39. The van der Waals surface area contributed by atoms with Gasteiger partial charge in [0.1, 0.15) is 6.07 Å². The molecule has 3 aromatic rings. The Labute approximate surface area is 181 Å². The largest absolute Gasteiger partial charge is 0.322 e. The summed E-state index contributed by atoms with van der Waals surface area (Å²) in [6.45, 7) is 2.20. The number of pyridine rings is 1. The molecule has 0 amide bonds. The van der Waals surface area contributed by atoms with Crippen molar-refractivity contribution in [1.29, 1.82) is 5.26 Å². The van der Waals surface area contributed by atoms with Crippen molar-refractivity contribution in [3.05, 3.63) is 66.0 Å². The summed E-state index contributed by atoms with van der Waals surface area (Å²) in [5.74, 6) is 0. The van der Waals surface area contributed by atoms with Crippen LogP contribution in [-0.4, -0.2) is 56.6 Å². The van der Waals surface area contributed by atoms with Gasteiger partial charge in [-0.1, -0.05) is 6.07 Å². The minimum absolute atomic E-state index is 0.0267. The van der Waals surface area contributed by atoms with E-state index in [1.807, 2.05) is 35.0 Å². The van der Waals surface area contributed by atoms with Gasteiger partial charge in [0, 0.05) is 50.7 Å². The number of hydrogen-bond acceptors (Lipinski definition) is 6. The van der Waals surface area contributed by atoms with Gasteiger partial charge in [-0.2, -0.15) is 9.57 Å². The summed E-state index contributed by atoms with van der Waals surface area (Å²) in [5.41, 5.74) is 2.39. The van der Waals surface area contributed by atoms with Crippen molar-refractivity contribution in [2.75, 3.05) is 26.2 Å². The van der Waals surface area contributed by atoms with Crippen LogP contribution in [0.1, 0.15) is 11.1 Å². The van der Waals surface area contributed by atoms with E-state index < -0.39 is 20.0 Å². The predicted molar refractivity (Wildman–Crippen MR) is 114 cm³/mol. The van der Waals surface area contributed by atoms with Gasteiger partial charge in [-0.3, -0.25) is 4.90 Å². The Hall–Kier alpha value is -2.75. The molecule has 0 atom stereocenters. The standard InChI is InChI=1S/C20H21N5O4S2/c21-13-19-16(15-24-8-2-1-3-20(19)24)14-23-9-11-25(12-10-23)31(28,29)18-6-4-17(5-7-18)30(22,26)27/h1-8,15H,9-12,14H2,(H2,22,26,27). The highest BCUT2D eigenvalue weighted by molar-refractivity contribution is 7.89. The lowest BCUT2D eigenvalue weighted by atomic mass is 10.1. The highest BCUT2D eigenvalue weighted by atomic mass is 32.2. The van der Waals surface area contributed by atoms with Gasteiger partial charge in [0.05, 0.1) is 20.9 Å². The van der Waals surface area contributed by atoms with Gasteiger partial charge >= 0.3 is 0 Å². The van der Waals surface area contributed by atoms with Gasteiger partial charge in [0.2, 0.25) is 20.0 Å². The SMILES string of the molecule is N#Cc1c(CN2CCN(S(=O)(=O)c3ccc(S(N)(=O)=O)cc3)CC2)cn2ccccc12. The van der Waals surface area contributed by atoms with Crippen molar-refractivity contribution in [2.24, 2.45) is 5.14 Å². The fourth-order valence-electron chi connectivity index (χ4n) is 3.75. The number of nitriles is 1. The van der Waals surface area contributed by atoms with E-state index in [0.717, 1.165) is 11.1 Å². The zero-order valence-electron chi connectivity index (χ0n) is 16.5. The third kappa shape index (κ3) is 4.21. The molecule has 0 radical (unpaired) electrons. The van der Waals surface area contributed by atoms with Crippen molar-refractivity contribution < 1.29 is 16.8 Å². The molecule has 3 heterocycles. The van der Waals surface area contributed by atoms with Crippen LogP contribution in [0.4, 0.5) is 0 Å². The molecule has 2 N–H and O–H groups in total. The molecule has 0 aliphatic carbocycles. The Kier molecular flexibility index (Phi) is 5.59. The van der Waals surface area contributed by atoms with E-state index in [2.05, 4.69) is 11.0 Å². The van der Waals surface area contributed by atoms with Crippen molar-refractivity contribution in [1.82, 2.24) is 13.6 Å². The number of aromatic nitrogens is 1. The molecule has 0 saturated carbocycles. The fourth-order valence-corrected chi connectivity index (χ4v) is 5.68. The topological polar surface area (TPSA) is 129 Å². The molecular weight excluding hydrogens is 438 g/mol. The van der Waals surface area contributed by atoms with Gasteiger partial charge in [0.25, 0.3) is 0 Å². The third-order valence-corrected chi connectivity index (χ3v) is 8.23. The van der Waals surface area contributed by atoms with E-state index in [9.17, 15) is 22.1 Å². The van der Waals surface area contributed by atoms with E-state index in [1.165, 1.54) is 28.6 Å². The van der Waals surface area contributed by atoms with Crippen molar-refractivity contribution in [3.8, 4) is 6.07 Å². The Morgan fingerprint density at radius 2 is 1.58 bits per heavy atom. The van der Waals surface area contributed by atoms with Crippen LogP contribution in [0, 0.1) is 11.3 Å². The number of piperazine rings is 1. The maximum atomic E-state index is 12.9. The summed E-state index contributed by atoms with van der Waals surface area (Å²) in [5, 5.41) is 14.6. The summed E-state index contributed by atoms with van der Waals surface area (Å²) in [7, 11) is -7.62. The number of hydrogen-bond donors (Lipinski definition) is 1. The second-order valence-electron chi connectivity index (χ2n) is 7.33. The zero-order chi connectivity index (χ0) is 22.2. The first kappa shape index (κ1) is 21.5. The number of fused-ring (bicyclic) bond motifs is 1. The average molecular weight is 460 g/mol. The van der Waals surface area contributed by atoms with Crippen LogP contribution in [0.2, 0.25) is 0 Å². The summed E-state index contributed by atoms with van der Waals surface area (Å²) in [4.78, 5) is 2.01. The summed E-state index contributed by atoms with van der Waals surface area (Å²) in [6.07, 6.45) is 3.83. The Morgan fingerprint density at radius 1 is 0.935 bits per heavy atom. The number of sulfonamides is 2. The molecule has 0 spiro atoms. The number of primary sulfonamides is 1. The number of benzene rings is 1. The lowest BCUT2D eigenvalue weighted by Gasteiger charge is -2.33. The lowest BCUT2D eigenvalue weighted by Crippen LogP contribution is -2.48. The maximum Gasteiger partial charge on any atom is 0.243 e. The highest BCUT2D eigenvalue weighted by Crippen LogP contribution is 2.22. The van der Waals surface area contributed by atoms with Crippen LogP contribution >= 0.6 is 0 Å². The van der Waals surface area contributed by atoms with E-state index in [0.29, 0.717) is 38.3 Å². The molecule has 1 aromatic carbocycles. The minimum Gasteiger partial charge on any atom is -0.322 e. The second kappa shape index (κ2) is 8.07. The van der Waals surface area contributed by atoms with Gasteiger partial charge in [-0.05, 0) is 36.4 Å². The van der Waals surface area contributed by atoms with E-state index in [-0.39, 0.29) is 9.79 Å². The van der Waals surface area contributed by atoms with Crippen LogP contribution in [-0.2, 0) is 26.6 Å². The first-order valence-corrected chi connectivity index (χ1v) is 12.5. The van der Waals surface area contributed by atoms with Crippen LogP contribution in [0.25, 0.3) is 5.52 Å². The Bertz CT molecular complexity index is 1370. The molecule has 4 rings (SSSR count). The van der Waals surface area contributed by atoms with Crippen molar-refractivity contribution >= 4 is 25.6 Å². The summed E-state index contributed by atoms with van der Waals surface area (Å²) < 4.78 is 51.9. The molecule has 1 aliphatic rings. The minimum atomic E-state index is -3.88. The van der Waals surface area contributed by atoms with E-state index in [1.54, 1.807) is 0 Å². The molecule has 0 bridgehead atoms. The van der Waals surface area contributed by atoms with Crippen LogP contribution in [0.5, 0.6) is 0 Å². The molecule has 31 heavy (non-hydrogen) atoms. The van der Waals surface area contributed by atoms with Crippen LogP contribution in [0.15, 0.2) is 64.6 Å². The lowest BCUT2D eigenvalue weighted by molar-refractivity contribution is 0.181. The van der Waals surface area contributed by atoms with Crippen LogP contribution in [0.3, 0.4) is 0 Å². The molecule has 1 fully saturated rings. The molecule has 1 saturated heterocycles. The Balaban J connectivity index is 1.46. The summed E-state index contributed by atoms with van der Waals surface area (Å²) in [6, 6.07) is 12.9. The Morgan fingerprint density at radius 3 is 2.19 bits per heavy atom. The molecule has 11 heteroatoms. The van der Waals surface area contributed by atoms with Crippen molar-refractivity contribution in [3.63, 3.8) is 0 Å². The van der Waals surface area contributed by atoms with E-state index >= 15 is 0 Å². The first-order chi connectivity index (χ1) is 14.7.